The standard InChI is InChI=1S/C19H21N3O2S/c1-4-15-6-9-17(10-7-15)22-25(23,24)19-12-16(8-5-13(19)2)18-11-14(3)20-21-18/h5-12,22H,4H2,1-3H3,(H,20,21). The molecule has 25 heavy (non-hydrogen) atoms. The Morgan fingerprint density at radius 1 is 1.04 bits per heavy atom. The number of rotatable bonds is 5. The third-order valence-electron chi connectivity index (χ3n) is 4.09. The number of aryl methyl sites for hydroxylation is 3. The van der Waals surface area contributed by atoms with Crippen molar-refractivity contribution in [3.63, 3.8) is 0 Å². The molecule has 0 fully saturated rings. The van der Waals surface area contributed by atoms with Crippen molar-refractivity contribution in [1.29, 1.82) is 0 Å². The molecule has 3 aromatic rings. The topological polar surface area (TPSA) is 74.8 Å². The molecule has 1 heterocycles. The smallest absolute Gasteiger partial charge is 0.262 e. The minimum absolute atomic E-state index is 0.255. The zero-order valence-electron chi connectivity index (χ0n) is 14.5. The number of benzene rings is 2. The Balaban J connectivity index is 1.95. The highest BCUT2D eigenvalue weighted by Crippen LogP contribution is 2.26. The van der Waals surface area contributed by atoms with Gasteiger partial charge in [-0.15, -0.1) is 0 Å². The van der Waals surface area contributed by atoms with Crippen molar-refractivity contribution < 1.29 is 8.42 Å². The van der Waals surface area contributed by atoms with Crippen LogP contribution in [-0.4, -0.2) is 18.6 Å². The zero-order valence-corrected chi connectivity index (χ0v) is 15.3. The maximum Gasteiger partial charge on any atom is 0.262 e. The van der Waals surface area contributed by atoms with Gasteiger partial charge >= 0.3 is 0 Å². The molecule has 2 aromatic carbocycles. The van der Waals surface area contributed by atoms with Gasteiger partial charge in [0, 0.05) is 16.9 Å². The number of aromatic nitrogens is 2. The molecule has 0 atom stereocenters. The van der Waals surface area contributed by atoms with Crippen LogP contribution in [0.3, 0.4) is 0 Å². The summed E-state index contributed by atoms with van der Waals surface area (Å²) in [5.41, 5.74) is 4.81. The van der Waals surface area contributed by atoms with Gasteiger partial charge in [0.25, 0.3) is 10.0 Å². The molecule has 130 valence electrons. The van der Waals surface area contributed by atoms with Crippen LogP contribution < -0.4 is 4.72 Å². The number of nitrogens with zero attached hydrogens (tertiary/aromatic N) is 1. The lowest BCUT2D eigenvalue weighted by Gasteiger charge is -2.12. The van der Waals surface area contributed by atoms with E-state index in [1.165, 1.54) is 0 Å². The third kappa shape index (κ3) is 3.74. The highest BCUT2D eigenvalue weighted by Gasteiger charge is 2.18. The van der Waals surface area contributed by atoms with Crippen LogP contribution in [0, 0.1) is 13.8 Å². The summed E-state index contributed by atoms with van der Waals surface area (Å²) in [5.74, 6) is 0. The zero-order chi connectivity index (χ0) is 18.0. The van der Waals surface area contributed by atoms with Crippen LogP contribution >= 0.6 is 0 Å². The minimum Gasteiger partial charge on any atom is -0.282 e. The van der Waals surface area contributed by atoms with Crippen LogP contribution in [-0.2, 0) is 16.4 Å². The first kappa shape index (κ1) is 17.2. The monoisotopic (exact) mass is 355 g/mol. The van der Waals surface area contributed by atoms with Gasteiger partial charge in [0.15, 0.2) is 0 Å². The molecule has 0 unspecified atom stereocenters. The number of hydrogen-bond donors (Lipinski definition) is 2. The lowest BCUT2D eigenvalue weighted by Crippen LogP contribution is -2.14. The second kappa shape index (κ2) is 6.72. The molecule has 0 aliphatic carbocycles. The average molecular weight is 355 g/mol. The van der Waals surface area contributed by atoms with Crippen LogP contribution in [0.2, 0.25) is 0 Å². The van der Waals surface area contributed by atoms with Gasteiger partial charge < -0.3 is 0 Å². The van der Waals surface area contributed by atoms with Crippen LogP contribution in [0.5, 0.6) is 0 Å². The predicted octanol–water partition coefficient (Wildman–Crippen LogP) is 4.06. The fraction of sp³-hybridized carbons (Fsp3) is 0.211. The number of aromatic amines is 1. The Labute approximate surface area is 148 Å². The number of hydrogen-bond acceptors (Lipinski definition) is 3. The van der Waals surface area contributed by atoms with E-state index >= 15 is 0 Å². The minimum atomic E-state index is -3.68. The molecule has 1 aromatic heterocycles. The molecule has 0 aliphatic rings. The van der Waals surface area contributed by atoms with E-state index in [9.17, 15) is 8.42 Å². The van der Waals surface area contributed by atoms with E-state index in [4.69, 9.17) is 0 Å². The summed E-state index contributed by atoms with van der Waals surface area (Å²) in [7, 11) is -3.68. The van der Waals surface area contributed by atoms with E-state index in [-0.39, 0.29) is 4.90 Å². The van der Waals surface area contributed by atoms with Gasteiger partial charge in [0.05, 0.1) is 10.6 Å². The largest absolute Gasteiger partial charge is 0.282 e. The quantitative estimate of drug-likeness (QED) is 0.725. The van der Waals surface area contributed by atoms with E-state index < -0.39 is 10.0 Å². The summed E-state index contributed by atoms with van der Waals surface area (Å²) in [5, 5.41) is 7.08. The molecule has 0 amide bonds. The second-order valence-electron chi connectivity index (χ2n) is 6.07. The summed E-state index contributed by atoms with van der Waals surface area (Å²) >= 11 is 0. The van der Waals surface area contributed by atoms with Crippen molar-refractivity contribution in [2.24, 2.45) is 0 Å². The van der Waals surface area contributed by atoms with Crippen molar-refractivity contribution in [3.05, 3.63) is 65.4 Å². The van der Waals surface area contributed by atoms with Crippen LogP contribution in [0.15, 0.2) is 53.4 Å². The van der Waals surface area contributed by atoms with Crippen molar-refractivity contribution in [2.75, 3.05) is 4.72 Å². The number of nitrogens with one attached hydrogen (secondary N) is 2. The Hall–Kier alpha value is -2.60. The number of anilines is 1. The molecule has 0 spiro atoms. The van der Waals surface area contributed by atoms with Crippen LogP contribution in [0.25, 0.3) is 11.3 Å². The van der Waals surface area contributed by atoms with Gasteiger partial charge in [0.2, 0.25) is 0 Å². The van der Waals surface area contributed by atoms with E-state index in [1.54, 1.807) is 31.2 Å². The van der Waals surface area contributed by atoms with E-state index in [0.717, 1.165) is 28.9 Å². The molecule has 0 radical (unpaired) electrons. The van der Waals surface area contributed by atoms with Crippen molar-refractivity contribution in [1.82, 2.24) is 10.2 Å². The maximum atomic E-state index is 12.8. The molecule has 0 saturated carbocycles. The van der Waals surface area contributed by atoms with Gasteiger partial charge in [-0.1, -0.05) is 31.2 Å². The molecule has 0 bridgehead atoms. The highest BCUT2D eigenvalue weighted by atomic mass is 32.2. The first-order chi connectivity index (χ1) is 11.9. The average Bonchev–Trinajstić information content (AvgIpc) is 3.02. The first-order valence-corrected chi connectivity index (χ1v) is 9.62. The summed E-state index contributed by atoms with van der Waals surface area (Å²) in [6, 6.07) is 14.6. The molecule has 0 aliphatic heterocycles. The Bertz CT molecular complexity index is 990. The van der Waals surface area contributed by atoms with E-state index in [2.05, 4.69) is 21.8 Å². The van der Waals surface area contributed by atoms with Crippen LogP contribution in [0.1, 0.15) is 23.7 Å². The van der Waals surface area contributed by atoms with Gasteiger partial charge in [-0.2, -0.15) is 5.10 Å². The fourth-order valence-electron chi connectivity index (χ4n) is 2.63. The molecular formula is C19H21N3O2S. The van der Waals surface area contributed by atoms with Crippen molar-refractivity contribution in [2.45, 2.75) is 32.1 Å². The summed E-state index contributed by atoms with van der Waals surface area (Å²) in [6.45, 7) is 5.75. The lowest BCUT2D eigenvalue weighted by atomic mass is 10.1. The first-order valence-electron chi connectivity index (χ1n) is 8.14. The Kier molecular flexibility index (Phi) is 4.63. The fourth-order valence-corrected chi connectivity index (χ4v) is 3.96. The molecule has 6 heteroatoms. The normalized spacial score (nSPS) is 11.5. The van der Waals surface area contributed by atoms with Gasteiger partial charge in [-0.05, 0) is 55.7 Å². The predicted molar refractivity (Wildman–Crippen MR) is 100 cm³/mol. The summed E-state index contributed by atoms with van der Waals surface area (Å²) in [6.07, 6.45) is 0.914. The van der Waals surface area contributed by atoms with Crippen molar-refractivity contribution in [3.8, 4) is 11.3 Å². The molecular weight excluding hydrogens is 334 g/mol. The van der Waals surface area contributed by atoms with Crippen molar-refractivity contribution >= 4 is 15.7 Å². The van der Waals surface area contributed by atoms with Gasteiger partial charge in [0.1, 0.15) is 0 Å². The number of sulfonamides is 1. The van der Waals surface area contributed by atoms with Gasteiger partial charge in [-0.25, -0.2) is 8.42 Å². The summed E-state index contributed by atoms with van der Waals surface area (Å²) in [4.78, 5) is 0.255. The molecule has 2 N–H and O–H groups in total. The Morgan fingerprint density at radius 3 is 2.36 bits per heavy atom. The van der Waals surface area contributed by atoms with Crippen LogP contribution in [0.4, 0.5) is 5.69 Å². The molecule has 0 saturated heterocycles. The number of H-pyrrole nitrogens is 1. The third-order valence-corrected chi connectivity index (χ3v) is 5.62. The van der Waals surface area contributed by atoms with E-state index in [1.807, 2.05) is 31.2 Å². The molecule has 3 rings (SSSR count). The van der Waals surface area contributed by atoms with Gasteiger partial charge in [-0.3, -0.25) is 9.82 Å². The second-order valence-corrected chi connectivity index (χ2v) is 7.72. The van der Waals surface area contributed by atoms with E-state index in [0.29, 0.717) is 11.3 Å². The highest BCUT2D eigenvalue weighted by molar-refractivity contribution is 7.92. The maximum absolute atomic E-state index is 12.8. The lowest BCUT2D eigenvalue weighted by molar-refractivity contribution is 0.600. The molecule has 5 nitrogen and oxygen atoms in total. The summed E-state index contributed by atoms with van der Waals surface area (Å²) < 4.78 is 28.3. The SMILES string of the molecule is CCc1ccc(NS(=O)(=O)c2cc(-c3cc(C)[nH]n3)ccc2C)cc1. The Morgan fingerprint density at radius 2 is 1.76 bits per heavy atom.